The van der Waals surface area contributed by atoms with Gasteiger partial charge < -0.3 is 10.1 Å². The summed E-state index contributed by atoms with van der Waals surface area (Å²) in [5.41, 5.74) is 2.31. The van der Waals surface area contributed by atoms with Gasteiger partial charge in [0, 0.05) is 23.2 Å². The molecular formula is C22H23N5O3. The number of ketones is 1. The maximum absolute atomic E-state index is 12.2. The normalized spacial score (nSPS) is 13.1. The van der Waals surface area contributed by atoms with Gasteiger partial charge >= 0.3 is 0 Å². The molecule has 154 valence electrons. The molecule has 0 bridgehead atoms. The first-order valence-electron chi connectivity index (χ1n) is 10.0. The highest BCUT2D eigenvalue weighted by molar-refractivity contribution is 5.94. The molecule has 1 fully saturated rings. The van der Waals surface area contributed by atoms with Crippen molar-refractivity contribution in [2.24, 2.45) is 0 Å². The van der Waals surface area contributed by atoms with Gasteiger partial charge in [0.15, 0.2) is 11.6 Å². The summed E-state index contributed by atoms with van der Waals surface area (Å²) in [7, 11) is 0. The first-order valence-corrected chi connectivity index (χ1v) is 10.0. The van der Waals surface area contributed by atoms with Crippen molar-refractivity contribution >= 4 is 17.4 Å². The number of tetrazole rings is 1. The van der Waals surface area contributed by atoms with Crippen molar-refractivity contribution in [3.05, 3.63) is 54.1 Å². The Morgan fingerprint density at radius 3 is 2.50 bits per heavy atom. The van der Waals surface area contributed by atoms with E-state index in [1.165, 1.54) is 6.92 Å². The van der Waals surface area contributed by atoms with Gasteiger partial charge in [-0.05, 0) is 85.1 Å². The third-order valence-corrected chi connectivity index (χ3v) is 4.89. The number of carbonyl (C=O) groups is 2. The number of nitrogens with zero attached hydrogens (tertiary/aromatic N) is 4. The number of ether oxygens (including phenoxy) is 1. The summed E-state index contributed by atoms with van der Waals surface area (Å²) in [6.07, 6.45) is 3.17. The quantitative estimate of drug-likeness (QED) is 0.431. The molecule has 1 heterocycles. The van der Waals surface area contributed by atoms with E-state index in [1.54, 1.807) is 24.3 Å². The molecule has 0 atom stereocenters. The maximum Gasteiger partial charge on any atom is 0.224 e. The van der Waals surface area contributed by atoms with E-state index < -0.39 is 0 Å². The first kappa shape index (κ1) is 19.8. The van der Waals surface area contributed by atoms with Crippen LogP contribution in [0.15, 0.2) is 48.5 Å². The van der Waals surface area contributed by atoms with Crippen LogP contribution >= 0.6 is 0 Å². The third-order valence-electron chi connectivity index (χ3n) is 4.89. The van der Waals surface area contributed by atoms with Gasteiger partial charge in [-0.1, -0.05) is 0 Å². The molecule has 1 aromatic heterocycles. The molecule has 0 saturated heterocycles. The number of aromatic nitrogens is 4. The minimum absolute atomic E-state index is 0.0210. The Morgan fingerprint density at radius 2 is 1.83 bits per heavy atom. The van der Waals surface area contributed by atoms with E-state index in [1.807, 2.05) is 28.9 Å². The zero-order valence-corrected chi connectivity index (χ0v) is 16.7. The highest BCUT2D eigenvalue weighted by Gasteiger charge is 2.28. The minimum atomic E-state index is -0.0684. The molecular weight excluding hydrogens is 382 g/mol. The number of amides is 1. The fraction of sp³-hybridized carbons (Fsp3) is 0.318. The smallest absolute Gasteiger partial charge is 0.224 e. The predicted molar refractivity (Wildman–Crippen MR) is 111 cm³/mol. The molecule has 8 heteroatoms. The standard InChI is InChI=1S/C22H23N5O3/c1-15(28)16-6-12-20(13-7-16)30-14-2-3-21(29)23-18-8-4-17(5-9-18)22-24-25-26-27(22)19-10-11-19/h4-9,12-13,19H,2-3,10-11,14H2,1H3,(H,23,29). The number of nitrogens with one attached hydrogen (secondary N) is 1. The molecule has 0 radical (unpaired) electrons. The van der Waals surface area contributed by atoms with Crippen molar-refractivity contribution in [2.75, 3.05) is 11.9 Å². The van der Waals surface area contributed by atoms with E-state index >= 15 is 0 Å². The van der Waals surface area contributed by atoms with Crippen LogP contribution in [0.2, 0.25) is 0 Å². The van der Waals surface area contributed by atoms with Crippen molar-refractivity contribution in [2.45, 2.75) is 38.6 Å². The number of hydrogen-bond acceptors (Lipinski definition) is 6. The minimum Gasteiger partial charge on any atom is -0.494 e. The molecule has 4 rings (SSSR count). The van der Waals surface area contributed by atoms with Gasteiger partial charge in [0.25, 0.3) is 0 Å². The molecule has 1 aliphatic carbocycles. The van der Waals surface area contributed by atoms with Crippen molar-refractivity contribution < 1.29 is 14.3 Å². The van der Waals surface area contributed by atoms with Gasteiger partial charge in [0.1, 0.15) is 5.75 Å². The summed E-state index contributed by atoms with van der Waals surface area (Å²) >= 11 is 0. The summed E-state index contributed by atoms with van der Waals surface area (Å²) in [5, 5.41) is 14.8. The summed E-state index contributed by atoms with van der Waals surface area (Å²) in [5.74, 6) is 1.39. The summed E-state index contributed by atoms with van der Waals surface area (Å²) in [4.78, 5) is 23.4. The highest BCUT2D eigenvalue weighted by Crippen LogP contribution is 2.36. The Balaban J connectivity index is 1.22. The van der Waals surface area contributed by atoms with E-state index in [4.69, 9.17) is 4.74 Å². The fourth-order valence-electron chi connectivity index (χ4n) is 3.08. The Hall–Kier alpha value is -3.55. The van der Waals surface area contributed by atoms with E-state index in [0.29, 0.717) is 36.8 Å². The average molecular weight is 405 g/mol. The summed E-state index contributed by atoms with van der Waals surface area (Å²) < 4.78 is 7.48. The molecule has 0 unspecified atom stereocenters. The number of hydrogen-bond donors (Lipinski definition) is 1. The van der Waals surface area contributed by atoms with Crippen LogP contribution in [0.25, 0.3) is 11.4 Å². The average Bonchev–Trinajstić information content (AvgIpc) is 3.48. The van der Waals surface area contributed by atoms with E-state index in [9.17, 15) is 9.59 Å². The Morgan fingerprint density at radius 1 is 1.10 bits per heavy atom. The van der Waals surface area contributed by atoms with Gasteiger partial charge in [-0.25, -0.2) is 4.68 Å². The van der Waals surface area contributed by atoms with Crippen LogP contribution in [0, 0.1) is 0 Å². The maximum atomic E-state index is 12.2. The number of benzene rings is 2. The molecule has 1 aliphatic rings. The van der Waals surface area contributed by atoms with Gasteiger partial charge in [-0.3, -0.25) is 9.59 Å². The zero-order valence-electron chi connectivity index (χ0n) is 16.7. The van der Waals surface area contributed by atoms with Gasteiger partial charge in [-0.15, -0.1) is 5.10 Å². The predicted octanol–water partition coefficient (Wildman–Crippen LogP) is 3.68. The lowest BCUT2D eigenvalue weighted by atomic mass is 10.1. The number of anilines is 1. The Bertz CT molecular complexity index is 1020. The summed E-state index contributed by atoms with van der Waals surface area (Å²) in [6.45, 7) is 1.95. The monoisotopic (exact) mass is 405 g/mol. The molecule has 1 amide bonds. The molecule has 3 aromatic rings. The largest absolute Gasteiger partial charge is 0.494 e. The molecule has 1 N–H and O–H groups in total. The Kier molecular flexibility index (Phi) is 5.83. The zero-order chi connectivity index (χ0) is 20.9. The highest BCUT2D eigenvalue weighted by atomic mass is 16.5. The topological polar surface area (TPSA) is 99.0 Å². The van der Waals surface area contributed by atoms with Crippen LogP contribution in [0.3, 0.4) is 0 Å². The second-order valence-corrected chi connectivity index (χ2v) is 7.34. The van der Waals surface area contributed by atoms with Gasteiger partial charge in [0.2, 0.25) is 5.91 Å². The Labute approximate surface area is 174 Å². The molecule has 8 nitrogen and oxygen atoms in total. The molecule has 0 aliphatic heterocycles. The second kappa shape index (κ2) is 8.86. The fourth-order valence-corrected chi connectivity index (χ4v) is 3.08. The summed E-state index contributed by atoms with van der Waals surface area (Å²) in [6, 6.07) is 14.9. The van der Waals surface area contributed by atoms with Crippen LogP contribution in [0.5, 0.6) is 5.75 Å². The van der Waals surface area contributed by atoms with Gasteiger partial charge in [0.05, 0.1) is 12.6 Å². The lowest BCUT2D eigenvalue weighted by molar-refractivity contribution is -0.116. The van der Waals surface area contributed by atoms with Crippen LogP contribution in [-0.4, -0.2) is 38.5 Å². The number of rotatable bonds is 9. The van der Waals surface area contributed by atoms with Crippen LogP contribution in [-0.2, 0) is 4.79 Å². The van der Waals surface area contributed by atoms with Crippen LogP contribution < -0.4 is 10.1 Å². The molecule has 2 aromatic carbocycles. The first-order chi connectivity index (χ1) is 14.6. The number of Topliss-reactive ketones (excluding diaryl/α,β-unsaturated/α-hetero) is 1. The second-order valence-electron chi connectivity index (χ2n) is 7.34. The van der Waals surface area contributed by atoms with E-state index in [-0.39, 0.29) is 11.7 Å². The molecule has 30 heavy (non-hydrogen) atoms. The van der Waals surface area contributed by atoms with Crippen LogP contribution in [0.4, 0.5) is 5.69 Å². The van der Waals surface area contributed by atoms with E-state index in [0.717, 1.165) is 29.9 Å². The molecule has 0 spiro atoms. The van der Waals surface area contributed by atoms with E-state index in [2.05, 4.69) is 20.8 Å². The lowest BCUT2D eigenvalue weighted by Gasteiger charge is -2.08. The van der Waals surface area contributed by atoms with Crippen molar-refractivity contribution in [1.82, 2.24) is 20.2 Å². The van der Waals surface area contributed by atoms with Crippen molar-refractivity contribution in [3.8, 4) is 17.1 Å². The third kappa shape index (κ3) is 4.89. The van der Waals surface area contributed by atoms with Gasteiger partial charge in [-0.2, -0.15) is 0 Å². The van der Waals surface area contributed by atoms with Crippen molar-refractivity contribution in [1.29, 1.82) is 0 Å². The van der Waals surface area contributed by atoms with Crippen molar-refractivity contribution in [3.63, 3.8) is 0 Å². The number of carbonyl (C=O) groups excluding carboxylic acids is 2. The van der Waals surface area contributed by atoms with Crippen LogP contribution in [0.1, 0.15) is 49.0 Å². The lowest BCUT2D eigenvalue weighted by Crippen LogP contribution is -2.12. The SMILES string of the molecule is CC(=O)c1ccc(OCCCC(=O)Nc2ccc(-c3nnnn3C3CC3)cc2)cc1. The molecule has 1 saturated carbocycles.